The normalized spacial score (nSPS) is 15.2. The first kappa shape index (κ1) is 29.5. The number of carboxylic acids is 1. The van der Waals surface area contributed by atoms with Gasteiger partial charge in [-0.1, -0.05) is 64.4 Å². The molecule has 1 aromatic carbocycles. The molecule has 0 saturated carbocycles. The highest BCUT2D eigenvalue weighted by Crippen LogP contribution is 2.10. The van der Waals surface area contributed by atoms with Crippen molar-refractivity contribution in [3.63, 3.8) is 0 Å². The highest BCUT2D eigenvalue weighted by molar-refractivity contribution is 5.94. The summed E-state index contributed by atoms with van der Waals surface area (Å²) in [4.78, 5) is 57.9. The van der Waals surface area contributed by atoms with E-state index in [1.165, 1.54) is 12.5 Å². The molecule has 7 N–H and O–H groups in total. The van der Waals surface area contributed by atoms with Crippen molar-refractivity contribution in [3.05, 3.63) is 54.1 Å². The number of carboxylic acid groups (broad SMARTS) is 1. The van der Waals surface area contributed by atoms with Gasteiger partial charge in [-0.15, -0.1) is 0 Å². The Morgan fingerprint density at radius 3 is 2.08 bits per heavy atom. The molecule has 1 aromatic heterocycles. The van der Waals surface area contributed by atoms with Crippen molar-refractivity contribution in [1.82, 2.24) is 25.9 Å². The number of nitrogens with one attached hydrogen (secondary N) is 4. The van der Waals surface area contributed by atoms with Crippen LogP contribution in [0.1, 0.15) is 45.4 Å². The predicted molar refractivity (Wildman–Crippen MR) is 138 cm³/mol. The average molecular weight is 515 g/mol. The van der Waals surface area contributed by atoms with Gasteiger partial charge in [0.15, 0.2) is 0 Å². The van der Waals surface area contributed by atoms with Gasteiger partial charge in [0, 0.05) is 24.7 Å². The molecule has 0 aliphatic heterocycles. The van der Waals surface area contributed by atoms with E-state index in [9.17, 15) is 24.3 Å². The molecule has 0 aliphatic carbocycles. The third kappa shape index (κ3) is 9.02. The summed E-state index contributed by atoms with van der Waals surface area (Å²) in [6, 6.07) is 5.08. The van der Waals surface area contributed by atoms with E-state index in [0.717, 1.165) is 5.56 Å². The number of hydrogen-bond acceptors (Lipinski definition) is 6. The van der Waals surface area contributed by atoms with Crippen molar-refractivity contribution in [2.24, 2.45) is 17.6 Å². The average Bonchev–Trinajstić information content (AvgIpc) is 3.38. The maximum atomic E-state index is 13.5. The predicted octanol–water partition coefficient (Wildman–Crippen LogP) is 0.763. The molecule has 5 atom stereocenters. The van der Waals surface area contributed by atoms with Gasteiger partial charge in [-0.2, -0.15) is 0 Å². The molecule has 0 radical (unpaired) electrons. The number of aliphatic carboxylic acids is 1. The zero-order valence-corrected chi connectivity index (χ0v) is 21.7. The van der Waals surface area contributed by atoms with E-state index >= 15 is 0 Å². The lowest BCUT2D eigenvalue weighted by Gasteiger charge is -2.26. The minimum Gasteiger partial charge on any atom is -0.480 e. The zero-order chi connectivity index (χ0) is 27.5. The summed E-state index contributed by atoms with van der Waals surface area (Å²) in [5.74, 6) is -3.37. The largest absolute Gasteiger partial charge is 0.480 e. The number of carbonyl (C=O) groups excluding carboxylic acids is 3. The molecule has 37 heavy (non-hydrogen) atoms. The fourth-order valence-electron chi connectivity index (χ4n) is 3.70. The molecule has 0 spiro atoms. The number of rotatable bonds is 14. The summed E-state index contributed by atoms with van der Waals surface area (Å²) in [5.41, 5.74) is 7.46. The molecule has 11 nitrogen and oxygen atoms in total. The third-order valence-corrected chi connectivity index (χ3v) is 6.32. The van der Waals surface area contributed by atoms with Gasteiger partial charge in [0.1, 0.15) is 18.1 Å². The second-order valence-corrected chi connectivity index (χ2v) is 9.57. The molecule has 11 heteroatoms. The molecule has 0 fully saturated rings. The summed E-state index contributed by atoms with van der Waals surface area (Å²) in [7, 11) is 0. The van der Waals surface area contributed by atoms with Crippen molar-refractivity contribution >= 4 is 23.7 Å². The first-order valence-electron chi connectivity index (χ1n) is 12.4. The van der Waals surface area contributed by atoms with Gasteiger partial charge >= 0.3 is 5.97 Å². The second kappa shape index (κ2) is 14.1. The van der Waals surface area contributed by atoms with E-state index in [2.05, 4.69) is 25.9 Å². The van der Waals surface area contributed by atoms with E-state index < -0.39 is 47.9 Å². The maximum absolute atomic E-state index is 13.5. The number of benzene rings is 1. The summed E-state index contributed by atoms with van der Waals surface area (Å²) in [6.45, 7) is 7.13. The number of carbonyl (C=O) groups is 4. The quantitative estimate of drug-likeness (QED) is 0.215. The number of hydrogen-bond donors (Lipinski definition) is 6. The molecule has 2 aromatic rings. The van der Waals surface area contributed by atoms with Crippen LogP contribution in [0.3, 0.4) is 0 Å². The van der Waals surface area contributed by atoms with E-state index in [0.29, 0.717) is 12.1 Å². The fourth-order valence-corrected chi connectivity index (χ4v) is 3.70. The standard InChI is InChI=1S/C26H38N6O5/c1-5-16(4)21(27)25(35)31-19(11-17-9-7-6-8-10-17)23(33)30-20(12-18-13-28-14-29-18)24(34)32-22(15(2)3)26(36)37/h6-10,13-16,19-22H,5,11-12,27H2,1-4H3,(H,28,29)(H,30,33)(H,31,35)(H,32,34)(H,36,37). The van der Waals surface area contributed by atoms with Crippen LogP contribution in [0.4, 0.5) is 0 Å². The monoisotopic (exact) mass is 514 g/mol. The fraction of sp³-hybridized carbons (Fsp3) is 0.500. The molecule has 5 unspecified atom stereocenters. The van der Waals surface area contributed by atoms with Crippen LogP contribution < -0.4 is 21.7 Å². The molecular formula is C26H38N6O5. The minimum absolute atomic E-state index is 0.0421. The minimum atomic E-state index is -1.18. The summed E-state index contributed by atoms with van der Waals surface area (Å²) in [6.07, 6.45) is 3.86. The van der Waals surface area contributed by atoms with E-state index in [-0.39, 0.29) is 24.7 Å². The number of aromatic amines is 1. The van der Waals surface area contributed by atoms with Crippen molar-refractivity contribution in [3.8, 4) is 0 Å². The SMILES string of the molecule is CCC(C)C(N)C(=O)NC(Cc1ccccc1)C(=O)NC(Cc1cnc[nH]1)C(=O)NC(C(=O)O)C(C)C. The number of imidazole rings is 1. The molecule has 1 heterocycles. The topological polar surface area (TPSA) is 179 Å². The lowest BCUT2D eigenvalue weighted by Crippen LogP contribution is -2.59. The third-order valence-electron chi connectivity index (χ3n) is 6.32. The number of H-pyrrole nitrogens is 1. The first-order valence-corrected chi connectivity index (χ1v) is 12.4. The van der Waals surface area contributed by atoms with Crippen LogP contribution in [0.2, 0.25) is 0 Å². The Hall–Kier alpha value is -3.73. The maximum Gasteiger partial charge on any atom is 0.326 e. The van der Waals surface area contributed by atoms with Crippen molar-refractivity contribution in [2.75, 3.05) is 0 Å². The summed E-state index contributed by atoms with van der Waals surface area (Å²) in [5, 5.41) is 17.5. The van der Waals surface area contributed by atoms with Crippen molar-refractivity contribution in [1.29, 1.82) is 0 Å². The van der Waals surface area contributed by atoms with E-state index in [4.69, 9.17) is 5.73 Å². The van der Waals surface area contributed by atoms with Crippen molar-refractivity contribution < 1.29 is 24.3 Å². The second-order valence-electron chi connectivity index (χ2n) is 9.57. The number of amides is 3. The Bertz CT molecular complexity index is 1030. The van der Waals surface area contributed by atoms with Gasteiger partial charge in [-0.3, -0.25) is 14.4 Å². The van der Waals surface area contributed by atoms with Gasteiger partial charge < -0.3 is 31.8 Å². The van der Waals surface area contributed by atoms with E-state index in [1.54, 1.807) is 13.8 Å². The van der Waals surface area contributed by atoms with Crippen LogP contribution >= 0.6 is 0 Å². The Labute approximate surface area is 217 Å². The van der Waals surface area contributed by atoms with Crippen LogP contribution in [-0.4, -0.2) is 62.9 Å². The molecule has 0 bridgehead atoms. The Morgan fingerprint density at radius 2 is 1.54 bits per heavy atom. The van der Waals surface area contributed by atoms with Gasteiger partial charge in [-0.25, -0.2) is 9.78 Å². The molecule has 0 saturated heterocycles. The van der Waals surface area contributed by atoms with Crippen LogP contribution in [0.5, 0.6) is 0 Å². The lowest BCUT2D eigenvalue weighted by molar-refractivity contribution is -0.143. The van der Waals surface area contributed by atoms with Gasteiger partial charge in [0.25, 0.3) is 0 Å². The number of nitrogens with two attached hydrogens (primary N) is 1. The molecule has 2 rings (SSSR count). The van der Waals surface area contributed by atoms with Gasteiger partial charge in [-0.05, 0) is 17.4 Å². The molecular weight excluding hydrogens is 476 g/mol. The number of aromatic nitrogens is 2. The summed E-state index contributed by atoms with van der Waals surface area (Å²) < 4.78 is 0. The van der Waals surface area contributed by atoms with E-state index in [1.807, 2.05) is 44.2 Å². The number of nitrogens with zero attached hydrogens (tertiary/aromatic N) is 1. The molecule has 202 valence electrons. The highest BCUT2D eigenvalue weighted by Gasteiger charge is 2.32. The van der Waals surface area contributed by atoms with Gasteiger partial charge in [0.05, 0.1) is 12.4 Å². The summed E-state index contributed by atoms with van der Waals surface area (Å²) >= 11 is 0. The Balaban J connectivity index is 2.28. The van der Waals surface area contributed by atoms with Crippen LogP contribution in [-0.2, 0) is 32.0 Å². The zero-order valence-electron chi connectivity index (χ0n) is 21.7. The van der Waals surface area contributed by atoms with Crippen LogP contribution in [0.25, 0.3) is 0 Å². The Kier molecular flexibility index (Phi) is 11.3. The molecule has 0 aliphatic rings. The van der Waals surface area contributed by atoms with Gasteiger partial charge in [0.2, 0.25) is 17.7 Å². The Morgan fingerprint density at radius 1 is 0.946 bits per heavy atom. The van der Waals surface area contributed by atoms with Crippen molar-refractivity contribution in [2.45, 2.75) is 71.1 Å². The first-order chi connectivity index (χ1) is 17.5. The smallest absolute Gasteiger partial charge is 0.326 e. The lowest BCUT2D eigenvalue weighted by atomic mass is 9.98. The highest BCUT2D eigenvalue weighted by atomic mass is 16.4. The van der Waals surface area contributed by atoms with Crippen LogP contribution in [0, 0.1) is 11.8 Å². The molecule has 3 amide bonds. The van der Waals surface area contributed by atoms with Crippen LogP contribution in [0.15, 0.2) is 42.9 Å².